The Morgan fingerprint density at radius 1 is 0.897 bits per heavy atom. The van der Waals surface area contributed by atoms with Crippen LogP contribution in [-0.2, 0) is 10.0 Å². The standard InChI is InChI=1S/C21H21ClN4O2S/c22-17-5-4-6-19(15-17)29(27,28)25-18-9-7-16(8-10-18)20-11-12-21(24-23-20)26-13-2-1-3-14-26/h4-12,15,25H,1-3,13-14H2. The molecule has 29 heavy (non-hydrogen) atoms. The van der Waals surface area contributed by atoms with Gasteiger partial charge in [0.25, 0.3) is 10.0 Å². The number of benzene rings is 2. The maximum Gasteiger partial charge on any atom is 0.261 e. The summed E-state index contributed by atoms with van der Waals surface area (Å²) < 4.78 is 27.6. The van der Waals surface area contributed by atoms with E-state index in [0.717, 1.165) is 30.2 Å². The molecule has 0 aliphatic carbocycles. The first-order chi connectivity index (χ1) is 14.0. The molecule has 0 saturated carbocycles. The van der Waals surface area contributed by atoms with Gasteiger partial charge in [0.2, 0.25) is 0 Å². The van der Waals surface area contributed by atoms with Crippen molar-refractivity contribution in [3.8, 4) is 11.3 Å². The van der Waals surface area contributed by atoms with Gasteiger partial charge in [-0.3, -0.25) is 4.72 Å². The summed E-state index contributed by atoms with van der Waals surface area (Å²) in [4.78, 5) is 2.38. The molecule has 1 aromatic heterocycles. The zero-order valence-electron chi connectivity index (χ0n) is 15.8. The number of aromatic nitrogens is 2. The fourth-order valence-corrected chi connectivity index (χ4v) is 4.69. The highest BCUT2D eigenvalue weighted by Crippen LogP contribution is 2.24. The molecule has 4 rings (SSSR count). The summed E-state index contributed by atoms with van der Waals surface area (Å²) >= 11 is 5.90. The summed E-state index contributed by atoms with van der Waals surface area (Å²) in [6.07, 6.45) is 3.65. The highest BCUT2D eigenvalue weighted by atomic mass is 35.5. The van der Waals surface area contributed by atoms with E-state index >= 15 is 0 Å². The Bertz CT molecular complexity index is 1080. The normalized spacial score (nSPS) is 14.6. The van der Waals surface area contributed by atoms with Crippen LogP contribution in [0.4, 0.5) is 11.5 Å². The van der Waals surface area contributed by atoms with Crippen LogP contribution in [0.3, 0.4) is 0 Å². The van der Waals surface area contributed by atoms with Gasteiger partial charge in [-0.05, 0) is 61.7 Å². The average Bonchev–Trinajstić information content (AvgIpc) is 2.75. The van der Waals surface area contributed by atoms with Gasteiger partial charge in [0.05, 0.1) is 10.6 Å². The molecule has 1 saturated heterocycles. The van der Waals surface area contributed by atoms with Crippen LogP contribution in [0.5, 0.6) is 0 Å². The summed E-state index contributed by atoms with van der Waals surface area (Å²) in [5.41, 5.74) is 2.08. The lowest BCUT2D eigenvalue weighted by Crippen LogP contribution is -2.30. The van der Waals surface area contributed by atoms with Crippen LogP contribution in [0.2, 0.25) is 5.02 Å². The molecule has 0 unspecified atom stereocenters. The molecule has 1 N–H and O–H groups in total. The summed E-state index contributed by atoms with van der Waals surface area (Å²) in [5, 5.41) is 9.07. The van der Waals surface area contributed by atoms with E-state index in [2.05, 4.69) is 19.8 Å². The molecule has 1 aliphatic rings. The third-order valence-electron chi connectivity index (χ3n) is 4.87. The fraction of sp³-hybridized carbons (Fsp3) is 0.238. The minimum Gasteiger partial charge on any atom is -0.355 e. The molecule has 0 spiro atoms. The number of hydrogen-bond donors (Lipinski definition) is 1. The van der Waals surface area contributed by atoms with Crippen LogP contribution in [0.1, 0.15) is 19.3 Å². The van der Waals surface area contributed by atoms with Gasteiger partial charge in [0, 0.05) is 29.4 Å². The van der Waals surface area contributed by atoms with Crippen LogP contribution >= 0.6 is 11.6 Å². The molecule has 1 aliphatic heterocycles. The number of piperidine rings is 1. The van der Waals surface area contributed by atoms with Gasteiger partial charge in [0.1, 0.15) is 0 Å². The van der Waals surface area contributed by atoms with E-state index in [9.17, 15) is 8.42 Å². The highest BCUT2D eigenvalue weighted by Gasteiger charge is 2.15. The zero-order valence-corrected chi connectivity index (χ0v) is 17.3. The second-order valence-corrected chi connectivity index (χ2v) is 9.08. The van der Waals surface area contributed by atoms with E-state index in [0.29, 0.717) is 10.7 Å². The van der Waals surface area contributed by atoms with E-state index in [-0.39, 0.29) is 4.90 Å². The summed E-state index contributed by atoms with van der Waals surface area (Å²) in [6.45, 7) is 2.05. The van der Waals surface area contributed by atoms with E-state index < -0.39 is 10.0 Å². The number of nitrogens with zero attached hydrogens (tertiary/aromatic N) is 3. The molecule has 2 heterocycles. The molecule has 2 aromatic carbocycles. The Morgan fingerprint density at radius 3 is 2.31 bits per heavy atom. The van der Waals surface area contributed by atoms with Crippen LogP contribution in [0.25, 0.3) is 11.3 Å². The topological polar surface area (TPSA) is 75.2 Å². The Morgan fingerprint density at radius 2 is 1.66 bits per heavy atom. The minimum atomic E-state index is -3.70. The third-order valence-corrected chi connectivity index (χ3v) is 6.48. The molecule has 0 amide bonds. The first kappa shape index (κ1) is 19.7. The summed E-state index contributed by atoms with van der Waals surface area (Å²) in [7, 11) is -3.70. The molecule has 0 bridgehead atoms. The number of nitrogens with one attached hydrogen (secondary N) is 1. The Balaban J connectivity index is 1.47. The van der Waals surface area contributed by atoms with Crippen molar-refractivity contribution in [2.75, 3.05) is 22.7 Å². The number of hydrogen-bond acceptors (Lipinski definition) is 5. The van der Waals surface area contributed by atoms with Gasteiger partial charge < -0.3 is 4.90 Å². The molecule has 0 atom stereocenters. The second-order valence-electron chi connectivity index (χ2n) is 6.96. The van der Waals surface area contributed by atoms with Crippen molar-refractivity contribution < 1.29 is 8.42 Å². The molecular weight excluding hydrogens is 408 g/mol. The molecular formula is C21H21ClN4O2S. The summed E-state index contributed by atoms with van der Waals surface area (Å²) in [5.74, 6) is 0.902. The number of anilines is 2. The smallest absolute Gasteiger partial charge is 0.261 e. The summed E-state index contributed by atoms with van der Waals surface area (Å²) in [6, 6.07) is 17.1. The first-order valence-electron chi connectivity index (χ1n) is 9.49. The molecule has 3 aromatic rings. The van der Waals surface area contributed by atoms with E-state index in [4.69, 9.17) is 11.6 Å². The van der Waals surface area contributed by atoms with Crippen LogP contribution in [0.15, 0.2) is 65.6 Å². The predicted molar refractivity (Wildman–Crippen MR) is 116 cm³/mol. The Labute approximate surface area is 175 Å². The first-order valence-corrected chi connectivity index (χ1v) is 11.3. The maximum atomic E-state index is 12.5. The van der Waals surface area contributed by atoms with Crippen molar-refractivity contribution in [1.82, 2.24) is 10.2 Å². The van der Waals surface area contributed by atoms with Gasteiger partial charge in [-0.25, -0.2) is 8.42 Å². The largest absolute Gasteiger partial charge is 0.355 e. The van der Waals surface area contributed by atoms with Gasteiger partial charge >= 0.3 is 0 Å². The molecule has 1 fully saturated rings. The lowest BCUT2D eigenvalue weighted by atomic mass is 10.1. The second kappa shape index (κ2) is 8.39. The predicted octanol–water partition coefficient (Wildman–Crippen LogP) is 4.59. The van der Waals surface area contributed by atoms with E-state index in [1.54, 1.807) is 24.3 Å². The van der Waals surface area contributed by atoms with Crippen molar-refractivity contribution in [3.05, 3.63) is 65.7 Å². The highest BCUT2D eigenvalue weighted by molar-refractivity contribution is 7.92. The van der Waals surface area contributed by atoms with Crippen LogP contribution in [0, 0.1) is 0 Å². The third kappa shape index (κ3) is 4.68. The Hall–Kier alpha value is -2.64. The Kier molecular flexibility index (Phi) is 5.69. The van der Waals surface area contributed by atoms with Crippen molar-refractivity contribution in [2.45, 2.75) is 24.2 Å². The van der Waals surface area contributed by atoms with Crippen molar-refractivity contribution >= 4 is 33.1 Å². The molecule has 150 valence electrons. The fourth-order valence-electron chi connectivity index (χ4n) is 3.33. The number of rotatable bonds is 5. The van der Waals surface area contributed by atoms with Crippen LogP contribution in [-0.4, -0.2) is 31.7 Å². The van der Waals surface area contributed by atoms with Gasteiger partial charge in [-0.2, -0.15) is 0 Å². The maximum absolute atomic E-state index is 12.5. The van der Waals surface area contributed by atoms with Crippen molar-refractivity contribution in [1.29, 1.82) is 0 Å². The van der Waals surface area contributed by atoms with Gasteiger partial charge in [0.15, 0.2) is 5.82 Å². The zero-order chi connectivity index (χ0) is 20.3. The van der Waals surface area contributed by atoms with Gasteiger partial charge in [-0.15, -0.1) is 10.2 Å². The molecule has 6 nitrogen and oxygen atoms in total. The monoisotopic (exact) mass is 428 g/mol. The van der Waals surface area contributed by atoms with Gasteiger partial charge in [-0.1, -0.05) is 29.8 Å². The minimum absolute atomic E-state index is 0.119. The molecule has 8 heteroatoms. The van der Waals surface area contributed by atoms with E-state index in [1.807, 2.05) is 24.3 Å². The number of sulfonamides is 1. The lowest BCUT2D eigenvalue weighted by Gasteiger charge is -2.27. The van der Waals surface area contributed by atoms with Crippen LogP contribution < -0.4 is 9.62 Å². The lowest BCUT2D eigenvalue weighted by molar-refractivity contribution is 0.571. The van der Waals surface area contributed by atoms with Crippen molar-refractivity contribution in [3.63, 3.8) is 0 Å². The average molecular weight is 429 g/mol. The van der Waals surface area contributed by atoms with E-state index in [1.165, 1.54) is 31.4 Å². The molecule has 0 radical (unpaired) electrons. The quantitative estimate of drug-likeness (QED) is 0.643. The SMILES string of the molecule is O=S(=O)(Nc1ccc(-c2ccc(N3CCCCC3)nn2)cc1)c1cccc(Cl)c1. The number of halogens is 1. The van der Waals surface area contributed by atoms with Crippen molar-refractivity contribution in [2.24, 2.45) is 0 Å².